The van der Waals surface area contributed by atoms with Crippen LogP contribution in [-0.2, 0) is 10.0 Å². The fourth-order valence-electron chi connectivity index (χ4n) is 3.95. The van der Waals surface area contributed by atoms with E-state index < -0.39 is 10.0 Å². The maximum Gasteiger partial charge on any atom is 0.261 e. The smallest absolute Gasteiger partial charge is 0.261 e. The highest BCUT2D eigenvalue weighted by atomic mass is 32.2. The Morgan fingerprint density at radius 3 is 2.15 bits per heavy atom. The van der Waals surface area contributed by atoms with Crippen molar-refractivity contribution in [2.75, 3.05) is 28.0 Å². The lowest BCUT2D eigenvalue weighted by Gasteiger charge is -2.28. The molecule has 1 aliphatic heterocycles. The highest BCUT2D eigenvalue weighted by molar-refractivity contribution is 7.92. The minimum absolute atomic E-state index is 0.197. The van der Waals surface area contributed by atoms with Crippen LogP contribution >= 0.6 is 0 Å². The predicted molar refractivity (Wildman–Crippen MR) is 134 cm³/mol. The van der Waals surface area contributed by atoms with Crippen molar-refractivity contribution in [2.24, 2.45) is 0 Å². The lowest BCUT2D eigenvalue weighted by atomic mass is 10.1. The molecule has 7 heteroatoms. The maximum absolute atomic E-state index is 12.7. The summed E-state index contributed by atoms with van der Waals surface area (Å²) in [7, 11) is -3.70. The fraction of sp³-hybridized carbons (Fsp3) is 0.269. The van der Waals surface area contributed by atoms with Gasteiger partial charge in [-0.15, -0.1) is 0 Å². The first-order valence-electron chi connectivity index (χ1n) is 11.2. The van der Waals surface area contributed by atoms with Gasteiger partial charge < -0.3 is 10.2 Å². The van der Waals surface area contributed by atoms with Crippen LogP contribution in [0.3, 0.4) is 0 Å². The number of carbonyl (C=O) groups excluding carboxylic acids is 1. The van der Waals surface area contributed by atoms with Gasteiger partial charge in [0.15, 0.2) is 0 Å². The molecule has 0 bridgehead atoms. The third-order valence-electron chi connectivity index (χ3n) is 5.91. The number of nitrogens with zero attached hydrogens (tertiary/aromatic N) is 1. The maximum atomic E-state index is 12.7. The average Bonchev–Trinajstić information content (AvgIpc) is 2.81. The van der Waals surface area contributed by atoms with Crippen molar-refractivity contribution < 1.29 is 13.2 Å². The van der Waals surface area contributed by atoms with Gasteiger partial charge in [0.25, 0.3) is 15.9 Å². The molecule has 3 aromatic rings. The van der Waals surface area contributed by atoms with E-state index in [4.69, 9.17) is 0 Å². The molecule has 3 aromatic carbocycles. The molecule has 0 unspecified atom stereocenters. The molecule has 4 rings (SSSR count). The molecular weight excluding hydrogens is 434 g/mol. The number of aryl methyl sites for hydroxylation is 2. The summed E-state index contributed by atoms with van der Waals surface area (Å²) in [5.74, 6) is -0.239. The second-order valence-corrected chi connectivity index (χ2v) is 10.2. The van der Waals surface area contributed by atoms with E-state index in [1.54, 1.807) is 49.4 Å². The van der Waals surface area contributed by atoms with Crippen LogP contribution < -0.4 is 14.9 Å². The van der Waals surface area contributed by atoms with Crippen LogP contribution in [0, 0.1) is 13.8 Å². The number of hydrogen-bond donors (Lipinski definition) is 2. The summed E-state index contributed by atoms with van der Waals surface area (Å²) in [4.78, 5) is 15.3. The number of nitrogens with one attached hydrogen (secondary N) is 2. The lowest BCUT2D eigenvalue weighted by Crippen LogP contribution is -2.29. The SMILES string of the molecule is Cc1ccc(S(=O)(=O)Nc2ccc(C(=O)Nc3ccc(N4CCCCC4)cc3)cc2C)cc1. The summed E-state index contributed by atoms with van der Waals surface area (Å²) in [5.41, 5.74) is 4.46. The van der Waals surface area contributed by atoms with Crippen molar-refractivity contribution in [3.63, 3.8) is 0 Å². The van der Waals surface area contributed by atoms with Gasteiger partial charge in [-0.25, -0.2) is 8.42 Å². The quantitative estimate of drug-likeness (QED) is 0.517. The number of benzene rings is 3. The second-order valence-electron chi connectivity index (χ2n) is 8.50. The number of rotatable bonds is 6. The van der Waals surface area contributed by atoms with Gasteiger partial charge in [0.2, 0.25) is 0 Å². The lowest BCUT2D eigenvalue weighted by molar-refractivity contribution is 0.102. The monoisotopic (exact) mass is 463 g/mol. The number of hydrogen-bond acceptors (Lipinski definition) is 4. The molecule has 1 fully saturated rings. The second kappa shape index (κ2) is 9.67. The molecule has 2 N–H and O–H groups in total. The van der Waals surface area contributed by atoms with E-state index in [-0.39, 0.29) is 10.8 Å². The molecule has 0 saturated carbocycles. The van der Waals surface area contributed by atoms with E-state index in [1.807, 2.05) is 31.2 Å². The summed E-state index contributed by atoms with van der Waals surface area (Å²) in [6, 6.07) is 19.5. The third kappa shape index (κ3) is 5.54. The predicted octanol–water partition coefficient (Wildman–Crippen LogP) is 5.35. The Hall–Kier alpha value is -3.32. The van der Waals surface area contributed by atoms with E-state index in [0.717, 1.165) is 24.3 Å². The molecule has 1 heterocycles. The van der Waals surface area contributed by atoms with Crippen LogP contribution in [0.1, 0.15) is 40.7 Å². The molecule has 6 nitrogen and oxygen atoms in total. The molecular formula is C26H29N3O3S. The number of anilines is 3. The Kier molecular flexibility index (Phi) is 6.70. The van der Waals surface area contributed by atoms with Crippen LogP contribution in [0.15, 0.2) is 71.6 Å². The van der Waals surface area contributed by atoms with Gasteiger partial charge in [-0.1, -0.05) is 17.7 Å². The molecule has 0 radical (unpaired) electrons. The standard InChI is InChI=1S/C26H29N3O3S/c1-19-6-13-24(14-7-19)33(31,32)28-25-15-8-21(18-20(25)2)26(30)27-22-9-11-23(12-10-22)29-16-4-3-5-17-29/h6-15,18,28H,3-5,16-17H2,1-2H3,(H,27,30). The van der Waals surface area contributed by atoms with Gasteiger partial charge in [-0.3, -0.25) is 9.52 Å². The number of amides is 1. The Morgan fingerprint density at radius 2 is 1.52 bits per heavy atom. The summed E-state index contributed by atoms with van der Waals surface area (Å²) in [6.07, 6.45) is 3.72. The van der Waals surface area contributed by atoms with Crippen LogP contribution in [0.2, 0.25) is 0 Å². The Labute approximate surface area is 195 Å². The number of sulfonamides is 1. The molecule has 0 atom stereocenters. The highest BCUT2D eigenvalue weighted by Crippen LogP contribution is 2.24. The molecule has 0 aliphatic carbocycles. The van der Waals surface area contributed by atoms with E-state index in [0.29, 0.717) is 16.8 Å². The van der Waals surface area contributed by atoms with E-state index in [1.165, 1.54) is 24.9 Å². The molecule has 1 aliphatic rings. The summed E-state index contributed by atoms with van der Waals surface area (Å²) < 4.78 is 28.0. The summed E-state index contributed by atoms with van der Waals surface area (Å²) in [6.45, 7) is 5.83. The highest BCUT2D eigenvalue weighted by Gasteiger charge is 2.16. The number of carbonyl (C=O) groups is 1. The first-order valence-corrected chi connectivity index (χ1v) is 12.7. The Bertz CT molecular complexity index is 1230. The first kappa shape index (κ1) is 22.9. The summed E-state index contributed by atoms with van der Waals surface area (Å²) >= 11 is 0. The molecule has 0 spiro atoms. The van der Waals surface area contributed by atoms with Crippen molar-refractivity contribution in [1.82, 2.24) is 0 Å². The minimum atomic E-state index is -3.70. The third-order valence-corrected chi connectivity index (χ3v) is 7.29. The normalized spacial score (nSPS) is 14.1. The van der Waals surface area contributed by atoms with Crippen molar-refractivity contribution in [3.8, 4) is 0 Å². The average molecular weight is 464 g/mol. The van der Waals surface area contributed by atoms with Gasteiger partial charge in [-0.2, -0.15) is 0 Å². The van der Waals surface area contributed by atoms with Gasteiger partial charge in [0.05, 0.1) is 10.6 Å². The van der Waals surface area contributed by atoms with Crippen molar-refractivity contribution in [1.29, 1.82) is 0 Å². The van der Waals surface area contributed by atoms with Crippen molar-refractivity contribution >= 4 is 33.0 Å². The largest absolute Gasteiger partial charge is 0.372 e. The van der Waals surface area contributed by atoms with Crippen LogP contribution in [0.4, 0.5) is 17.1 Å². The Balaban J connectivity index is 1.43. The first-order chi connectivity index (χ1) is 15.8. The molecule has 172 valence electrons. The zero-order chi connectivity index (χ0) is 23.4. The van der Waals surface area contributed by atoms with E-state index in [9.17, 15) is 13.2 Å². The molecule has 0 aromatic heterocycles. The van der Waals surface area contributed by atoms with Gasteiger partial charge in [0.1, 0.15) is 0 Å². The van der Waals surface area contributed by atoms with Crippen molar-refractivity contribution in [2.45, 2.75) is 38.0 Å². The van der Waals surface area contributed by atoms with Gasteiger partial charge in [0, 0.05) is 30.0 Å². The number of piperidine rings is 1. The topological polar surface area (TPSA) is 78.5 Å². The zero-order valence-corrected chi connectivity index (χ0v) is 19.8. The Morgan fingerprint density at radius 1 is 0.848 bits per heavy atom. The van der Waals surface area contributed by atoms with Crippen LogP contribution in [0.5, 0.6) is 0 Å². The van der Waals surface area contributed by atoms with Crippen LogP contribution in [-0.4, -0.2) is 27.4 Å². The summed E-state index contributed by atoms with van der Waals surface area (Å²) in [5, 5.41) is 2.92. The zero-order valence-electron chi connectivity index (χ0n) is 19.0. The fourth-order valence-corrected chi connectivity index (χ4v) is 5.08. The minimum Gasteiger partial charge on any atom is -0.372 e. The molecule has 33 heavy (non-hydrogen) atoms. The van der Waals surface area contributed by atoms with E-state index in [2.05, 4.69) is 14.9 Å². The van der Waals surface area contributed by atoms with Crippen molar-refractivity contribution in [3.05, 3.63) is 83.4 Å². The molecule has 1 amide bonds. The van der Waals surface area contributed by atoms with Gasteiger partial charge in [-0.05, 0) is 93.3 Å². The van der Waals surface area contributed by atoms with E-state index >= 15 is 0 Å². The van der Waals surface area contributed by atoms with Gasteiger partial charge >= 0.3 is 0 Å². The van der Waals surface area contributed by atoms with Crippen LogP contribution in [0.25, 0.3) is 0 Å². The molecule has 1 saturated heterocycles.